The second-order valence-corrected chi connectivity index (χ2v) is 1.61. The van der Waals surface area contributed by atoms with E-state index in [-0.39, 0.29) is 11.0 Å². The first-order valence-corrected chi connectivity index (χ1v) is 2.15. The van der Waals surface area contributed by atoms with E-state index in [1.807, 2.05) is 0 Å². The third-order valence-corrected chi connectivity index (χ3v) is 0.650. The Hall–Kier alpha value is -0.370. The highest BCUT2D eigenvalue weighted by Crippen LogP contribution is 2.03. The van der Waals surface area contributed by atoms with Crippen molar-refractivity contribution in [3.63, 3.8) is 0 Å². The van der Waals surface area contributed by atoms with Gasteiger partial charge in [0.15, 0.2) is 0 Å². The standard InChI is InChI=1S/C4H7ClO2/c1-3(5)4(6)7-2/h6H,1-2H3/b4-3-. The molecule has 0 aromatic rings. The molecule has 0 aromatic carbocycles. The molecule has 0 atom stereocenters. The van der Waals surface area contributed by atoms with Crippen molar-refractivity contribution >= 4 is 11.6 Å². The Morgan fingerprint density at radius 2 is 2.14 bits per heavy atom. The predicted octanol–water partition coefficient (Wildman–Crippen LogP) is 1.62. The highest BCUT2D eigenvalue weighted by Gasteiger charge is 1.90. The molecule has 7 heavy (non-hydrogen) atoms. The van der Waals surface area contributed by atoms with E-state index >= 15 is 0 Å². The molecule has 0 saturated carbocycles. The number of ether oxygens (including phenoxy) is 1. The average molecular weight is 123 g/mol. The molecule has 1 N–H and O–H groups in total. The van der Waals surface area contributed by atoms with Crippen LogP contribution in [0, 0.1) is 0 Å². The summed E-state index contributed by atoms with van der Waals surface area (Å²) in [6.45, 7) is 1.54. The summed E-state index contributed by atoms with van der Waals surface area (Å²) in [6.07, 6.45) is 0. The summed E-state index contributed by atoms with van der Waals surface area (Å²) in [4.78, 5) is 0. The molecule has 0 fully saturated rings. The van der Waals surface area contributed by atoms with Gasteiger partial charge in [-0.2, -0.15) is 0 Å². The van der Waals surface area contributed by atoms with Crippen LogP contribution in [0.5, 0.6) is 0 Å². The number of methoxy groups -OCH3 is 1. The van der Waals surface area contributed by atoms with Gasteiger partial charge in [0.2, 0.25) is 0 Å². The first-order valence-electron chi connectivity index (χ1n) is 1.77. The summed E-state index contributed by atoms with van der Waals surface area (Å²) in [6, 6.07) is 0. The lowest BCUT2D eigenvalue weighted by Crippen LogP contribution is -1.83. The molecule has 0 radical (unpaired) electrons. The van der Waals surface area contributed by atoms with Crippen LogP contribution in [0.25, 0.3) is 0 Å². The van der Waals surface area contributed by atoms with Gasteiger partial charge in [-0.1, -0.05) is 11.6 Å². The van der Waals surface area contributed by atoms with E-state index in [1.54, 1.807) is 6.92 Å². The van der Waals surface area contributed by atoms with Gasteiger partial charge in [0.1, 0.15) is 0 Å². The minimum absolute atomic E-state index is 0.221. The van der Waals surface area contributed by atoms with Crippen molar-refractivity contribution in [1.82, 2.24) is 0 Å². The number of aliphatic hydroxyl groups is 1. The zero-order valence-corrected chi connectivity index (χ0v) is 4.99. The summed E-state index contributed by atoms with van der Waals surface area (Å²) >= 11 is 5.23. The highest BCUT2D eigenvalue weighted by molar-refractivity contribution is 6.29. The molecule has 0 saturated heterocycles. The van der Waals surface area contributed by atoms with Crippen molar-refractivity contribution in [3.8, 4) is 0 Å². The minimum Gasteiger partial charge on any atom is -0.480 e. The summed E-state index contributed by atoms with van der Waals surface area (Å²) in [5.74, 6) is -0.221. The molecule has 0 spiro atoms. The van der Waals surface area contributed by atoms with Crippen LogP contribution in [0.3, 0.4) is 0 Å². The molecule has 0 aliphatic heterocycles. The number of rotatable bonds is 1. The molecule has 0 aromatic heterocycles. The fourth-order valence-electron chi connectivity index (χ4n) is 0.141. The van der Waals surface area contributed by atoms with Gasteiger partial charge >= 0.3 is 0 Å². The molecule has 0 bridgehead atoms. The van der Waals surface area contributed by atoms with E-state index in [2.05, 4.69) is 4.74 Å². The highest BCUT2D eigenvalue weighted by atomic mass is 35.5. The topological polar surface area (TPSA) is 29.5 Å². The van der Waals surface area contributed by atoms with E-state index in [0.717, 1.165) is 0 Å². The van der Waals surface area contributed by atoms with E-state index < -0.39 is 0 Å². The van der Waals surface area contributed by atoms with Crippen molar-refractivity contribution < 1.29 is 9.84 Å². The van der Waals surface area contributed by atoms with Crippen LogP contribution < -0.4 is 0 Å². The lowest BCUT2D eigenvalue weighted by Gasteiger charge is -1.94. The molecule has 3 heteroatoms. The van der Waals surface area contributed by atoms with E-state index in [9.17, 15) is 0 Å². The lowest BCUT2D eigenvalue weighted by molar-refractivity contribution is 0.134. The van der Waals surface area contributed by atoms with Crippen LogP contribution in [-0.2, 0) is 4.74 Å². The van der Waals surface area contributed by atoms with Crippen molar-refractivity contribution in [2.45, 2.75) is 6.92 Å². The Bertz CT molecular complexity index is 83.7. The van der Waals surface area contributed by atoms with E-state index in [0.29, 0.717) is 0 Å². The molecule has 2 nitrogen and oxygen atoms in total. The van der Waals surface area contributed by atoms with Gasteiger partial charge in [-0.15, -0.1) is 0 Å². The molecule has 0 unspecified atom stereocenters. The number of hydrogen-bond donors (Lipinski definition) is 1. The molecule has 0 rings (SSSR count). The van der Waals surface area contributed by atoms with Crippen LogP contribution in [0.2, 0.25) is 0 Å². The van der Waals surface area contributed by atoms with Crippen LogP contribution >= 0.6 is 11.6 Å². The zero-order chi connectivity index (χ0) is 5.86. The quantitative estimate of drug-likeness (QED) is 0.536. The van der Waals surface area contributed by atoms with Gasteiger partial charge in [-0.05, 0) is 6.92 Å². The lowest BCUT2D eigenvalue weighted by atomic mass is 10.7. The average Bonchev–Trinajstić information content (AvgIpc) is 1.65. The van der Waals surface area contributed by atoms with Gasteiger partial charge in [-0.25, -0.2) is 0 Å². The van der Waals surface area contributed by atoms with Gasteiger partial charge < -0.3 is 9.84 Å². The Labute approximate surface area is 47.4 Å². The number of aliphatic hydroxyl groups excluding tert-OH is 1. The third-order valence-electron chi connectivity index (χ3n) is 0.488. The van der Waals surface area contributed by atoms with Crippen molar-refractivity contribution in [3.05, 3.63) is 11.0 Å². The maximum atomic E-state index is 8.46. The summed E-state index contributed by atoms with van der Waals surface area (Å²) in [7, 11) is 1.35. The second-order valence-electron chi connectivity index (χ2n) is 1.04. The smallest absolute Gasteiger partial charge is 0.291 e. The maximum absolute atomic E-state index is 8.46. The fourth-order valence-corrected chi connectivity index (χ4v) is 0.218. The molecular weight excluding hydrogens is 115 g/mol. The molecule has 0 heterocycles. The number of halogens is 1. The Balaban J connectivity index is 3.72. The number of hydrogen-bond acceptors (Lipinski definition) is 2. The Kier molecular flexibility index (Phi) is 2.60. The summed E-state index contributed by atoms with van der Waals surface area (Å²) in [5, 5.41) is 8.73. The minimum atomic E-state index is -0.221. The van der Waals surface area contributed by atoms with E-state index in [1.165, 1.54) is 7.11 Å². The fraction of sp³-hybridized carbons (Fsp3) is 0.500. The van der Waals surface area contributed by atoms with Crippen molar-refractivity contribution in [1.29, 1.82) is 0 Å². The largest absolute Gasteiger partial charge is 0.480 e. The molecule has 42 valence electrons. The van der Waals surface area contributed by atoms with Crippen LogP contribution in [0.4, 0.5) is 0 Å². The van der Waals surface area contributed by atoms with Crippen molar-refractivity contribution in [2.75, 3.05) is 7.11 Å². The molecule has 0 amide bonds. The monoisotopic (exact) mass is 122 g/mol. The molecule has 0 aliphatic carbocycles. The Morgan fingerprint density at radius 1 is 1.71 bits per heavy atom. The predicted molar refractivity (Wildman–Crippen MR) is 28.2 cm³/mol. The van der Waals surface area contributed by atoms with Crippen molar-refractivity contribution in [2.24, 2.45) is 0 Å². The zero-order valence-electron chi connectivity index (χ0n) is 4.23. The van der Waals surface area contributed by atoms with E-state index in [4.69, 9.17) is 16.7 Å². The third kappa shape index (κ3) is 2.34. The SMILES string of the molecule is CO/C(O)=C(/C)Cl. The summed E-state index contributed by atoms with van der Waals surface area (Å²) < 4.78 is 4.31. The van der Waals surface area contributed by atoms with Crippen LogP contribution in [0.1, 0.15) is 6.92 Å². The normalized spacial score (nSPS) is 13.0. The van der Waals surface area contributed by atoms with Gasteiger partial charge in [0, 0.05) is 0 Å². The second kappa shape index (κ2) is 2.75. The van der Waals surface area contributed by atoms with Crippen LogP contribution in [-0.4, -0.2) is 12.2 Å². The van der Waals surface area contributed by atoms with Gasteiger partial charge in [-0.3, -0.25) is 0 Å². The van der Waals surface area contributed by atoms with Crippen LogP contribution in [0.15, 0.2) is 11.0 Å². The summed E-state index contributed by atoms with van der Waals surface area (Å²) in [5.41, 5.74) is 0. The first kappa shape index (κ1) is 6.63. The Morgan fingerprint density at radius 3 is 2.14 bits per heavy atom. The maximum Gasteiger partial charge on any atom is 0.291 e. The molecule has 0 aliphatic rings. The number of allylic oxidation sites excluding steroid dienone is 1. The van der Waals surface area contributed by atoms with Gasteiger partial charge in [0.05, 0.1) is 12.1 Å². The first-order chi connectivity index (χ1) is 3.18. The molecular formula is C4H7ClO2. The van der Waals surface area contributed by atoms with Gasteiger partial charge in [0.25, 0.3) is 5.95 Å².